The molecule has 0 aromatic heterocycles. The van der Waals surface area contributed by atoms with Crippen LogP contribution in [0.3, 0.4) is 0 Å². The highest BCUT2D eigenvalue weighted by Crippen LogP contribution is 2.29. The first-order valence-corrected chi connectivity index (χ1v) is 9.02. The molecule has 1 N–H and O–H groups in total. The molecule has 0 unspecified atom stereocenters. The van der Waals surface area contributed by atoms with Crippen molar-refractivity contribution >= 4 is 41.4 Å². The van der Waals surface area contributed by atoms with E-state index in [-0.39, 0.29) is 4.58 Å². The standard InChI is InChI=1S/C13H22O7S2/c1-7(15)18-10(6-14)11(19-8(2)16)12(20-9(3)17)13(21-4)22-5/h10-14H,6H2,1-5H3/t10-,11-,12+/m0/s1. The average molecular weight is 354 g/mol. The Kier molecular flexibility index (Phi) is 10.3. The summed E-state index contributed by atoms with van der Waals surface area (Å²) in [5.41, 5.74) is 0. The molecule has 0 bridgehead atoms. The quantitative estimate of drug-likeness (QED) is 0.366. The Morgan fingerprint density at radius 3 is 1.59 bits per heavy atom. The van der Waals surface area contributed by atoms with Crippen LogP contribution in [0.5, 0.6) is 0 Å². The molecular weight excluding hydrogens is 332 g/mol. The maximum absolute atomic E-state index is 11.4. The number of carbonyl (C=O) groups is 3. The minimum atomic E-state index is -1.12. The summed E-state index contributed by atoms with van der Waals surface area (Å²) >= 11 is 2.79. The van der Waals surface area contributed by atoms with Gasteiger partial charge in [-0.3, -0.25) is 14.4 Å². The summed E-state index contributed by atoms with van der Waals surface area (Å²) in [6.07, 6.45) is 0.528. The van der Waals surface area contributed by atoms with Gasteiger partial charge in [-0.25, -0.2) is 0 Å². The van der Waals surface area contributed by atoms with Gasteiger partial charge in [0, 0.05) is 20.8 Å². The molecule has 22 heavy (non-hydrogen) atoms. The van der Waals surface area contributed by atoms with Crippen molar-refractivity contribution in [2.45, 2.75) is 43.7 Å². The van der Waals surface area contributed by atoms with Crippen LogP contribution < -0.4 is 0 Å². The molecule has 0 rings (SSSR count). The first-order chi connectivity index (χ1) is 10.3. The number of thioether (sulfide) groups is 2. The molecule has 0 spiro atoms. The Balaban J connectivity index is 5.54. The minimum Gasteiger partial charge on any atom is -0.456 e. The zero-order valence-corrected chi connectivity index (χ0v) is 14.9. The van der Waals surface area contributed by atoms with Crippen LogP contribution in [0.1, 0.15) is 20.8 Å². The first kappa shape index (κ1) is 21.1. The zero-order chi connectivity index (χ0) is 17.3. The summed E-state index contributed by atoms with van der Waals surface area (Å²) in [6, 6.07) is 0. The lowest BCUT2D eigenvalue weighted by Gasteiger charge is -2.34. The van der Waals surface area contributed by atoms with Crippen LogP contribution in [-0.4, -0.2) is 65.0 Å². The lowest BCUT2D eigenvalue weighted by molar-refractivity contribution is -0.184. The van der Waals surface area contributed by atoms with E-state index in [4.69, 9.17) is 14.2 Å². The van der Waals surface area contributed by atoms with Gasteiger partial charge in [-0.05, 0) is 12.5 Å². The first-order valence-electron chi connectivity index (χ1n) is 6.44. The SMILES string of the molecule is CSC(SC)[C@H](OC(C)=O)[C@@H](OC(C)=O)[C@H](CO)OC(C)=O. The second-order valence-corrected chi connectivity index (χ2v) is 6.58. The minimum absolute atomic E-state index is 0.266. The van der Waals surface area contributed by atoms with E-state index in [2.05, 4.69) is 0 Å². The van der Waals surface area contributed by atoms with Crippen LogP contribution >= 0.6 is 23.5 Å². The van der Waals surface area contributed by atoms with Crippen molar-refractivity contribution in [2.75, 3.05) is 19.1 Å². The van der Waals surface area contributed by atoms with Gasteiger partial charge in [-0.2, -0.15) is 0 Å². The van der Waals surface area contributed by atoms with E-state index in [0.29, 0.717) is 0 Å². The second kappa shape index (κ2) is 10.7. The average Bonchev–Trinajstić information content (AvgIpc) is 2.41. The molecule has 9 heteroatoms. The predicted octanol–water partition coefficient (Wildman–Crippen LogP) is 0.826. The molecule has 3 atom stereocenters. The molecule has 0 saturated carbocycles. The molecular formula is C13H22O7S2. The van der Waals surface area contributed by atoms with E-state index in [1.807, 2.05) is 12.5 Å². The summed E-state index contributed by atoms with van der Waals surface area (Å²) in [5.74, 6) is -1.83. The molecule has 7 nitrogen and oxygen atoms in total. The Hall–Kier alpha value is -0.930. The van der Waals surface area contributed by atoms with Gasteiger partial charge < -0.3 is 19.3 Å². The smallest absolute Gasteiger partial charge is 0.303 e. The molecule has 0 aliphatic rings. The van der Waals surface area contributed by atoms with Crippen LogP contribution in [0.4, 0.5) is 0 Å². The number of hydrogen-bond acceptors (Lipinski definition) is 9. The van der Waals surface area contributed by atoms with Crippen LogP contribution in [0, 0.1) is 0 Å². The maximum Gasteiger partial charge on any atom is 0.303 e. The third kappa shape index (κ3) is 7.37. The highest BCUT2D eigenvalue weighted by atomic mass is 32.2. The topological polar surface area (TPSA) is 99.1 Å². The highest BCUT2D eigenvalue weighted by Gasteiger charge is 2.41. The lowest BCUT2D eigenvalue weighted by Crippen LogP contribution is -2.50. The Morgan fingerprint density at radius 2 is 1.27 bits per heavy atom. The number of aliphatic hydroxyl groups is 1. The molecule has 0 radical (unpaired) electrons. The van der Waals surface area contributed by atoms with Gasteiger partial charge in [0.15, 0.2) is 18.3 Å². The Morgan fingerprint density at radius 1 is 0.864 bits per heavy atom. The fourth-order valence-electron chi connectivity index (χ4n) is 1.80. The number of carbonyl (C=O) groups excluding carboxylic acids is 3. The van der Waals surface area contributed by atoms with E-state index in [0.717, 1.165) is 0 Å². The highest BCUT2D eigenvalue weighted by molar-refractivity contribution is 8.16. The van der Waals surface area contributed by atoms with Gasteiger partial charge in [0.25, 0.3) is 0 Å². The van der Waals surface area contributed by atoms with Crippen LogP contribution in [-0.2, 0) is 28.6 Å². The molecule has 0 aromatic rings. The fraction of sp³-hybridized carbons (Fsp3) is 0.769. The lowest BCUT2D eigenvalue weighted by atomic mass is 10.1. The van der Waals surface area contributed by atoms with Gasteiger partial charge in [0.05, 0.1) is 11.2 Å². The van der Waals surface area contributed by atoms with Crippen LogP contribution in [0.25, 0.3) is 0 Å². The largest absolute Gasteiger partial charge is 0.456 e. The molecule has 0 aliphatic carbocycles. The van der Waals surface area contributed by atoms with Crippen molar-refractivity contribution in [1.29, 1.82) is 0 Å². The normalized spacial score (nSPS) is 14.9. The molecule has 0 saturated heterocycles. The van der Waals surface area contributed by atoms with Crippen molar-refractivity contribution in [1.82, 2.24) is 0 Å². The number of aliphatic hydroxyl groups excluding tert-OH is 1. The number of rotatable bonds is 9. The van der Waals surface area contributed by atoms with E-state index < -0.39 is 42.8 Å². The molecule has 0 aromatic carbocycles. The summed E-state index contributed by atoms with van der Waals surface area (Å²) in [5, 5.41) is 9.45. The fourth-order valence-corrected chi connectivity index (χ4v) is 3.53. The van der Waals surface area contributed by atoms with Gasteiger partial charge in [-0.1, -0.05) is 0 Å². The summed E-state index contributed by atoms with van der Waals surface area (Å²) in [4.78, 5) is 33.9. The van der Waals surface area contributed by atoms with Gasteiger partial charge in [0.2, 0.25) is 0 Å². The summed E-state index contributed by atoms with van der Waals surface area (Å²) in [7, 11) is 0. The van der Waals surface area contributed by atoms with Crippen LogP contribution in [0.15, 0.2) is 0 Å². The van der Waals surface area contributed by atoms with E-state index in [1.54, 1.807) is 0 Å². The Bertz CT molecular complexity index is 385. The van der Waals surface area contributed by atoms with E-state index in [9.17, 15) is 19.5 Å². The molecule has 0 fully saturated rings. The number of hydrogen-bond donors (Lipinski definition) is 1. The third-order valence-corrected chi connectivity index (χ3v) is 5.14. The summed E-state index contributed by atoms with van der Waals surface area (Å²) < 4.78 is 15.2. The van der Waals surface area contributed by atoms with Crippen molar-refractivity contribution < 1.29 is 33.7 Å². The molecule has 0 heterocycles. The van der Waals surface area contributed by atoms with E-state index in [1.165, 1.54) is 44.3 Å². The van der Waals surface area contributed by atoms with Crippen molar-refractivity contribution in [3.05, 3.63) is 0 Å². The van der Waals surface area contributed by atoms with Crippen LogP contribution in [0.2, 0.25) is 0 Å². The van der Waals surface area contributed by atoms with Crippen molar-refractivity contribution in [2.24, 2.45) is 0 Å². The number of ether oxygens (including phenoxy) is 3. The third-order valence-electron chi connectivity index (χ3n) is 2.52. The van der Waals surface area contributed by atoms with Crippen molar-refractivity contribution in [3.8, 4) is 0 Å². The summed E-state index contributed by atoms with van der Waals surface area (Å²) in [6.45, 7) is 3.03. The van der Waals surface area contributed by atoms with Gasteiger partial charge in [0.1, 0.15) is 0 Å². The van der Waals surface area contributed by atoms with E-state index >= 15 is 0 Å². The van der Waals surface area contributed by atoms with Gasteiger partial charge in [-0.15, -0.1) is 23.5 Å². The monoisotopic (exact) mass is 354 g/mol. The zero-order valence-electron chi connectivity index (χ0n) is 13.2. The molecule has 0 amide bonds. The maximum atomic E-state index is 11.4. The second-order valence-electron chi connectivity index (χ2n) is 4.32. The Labute approximate surface area is 138 Å². The van der Waals surface area contributed by atoms with Crippen molar-refractivity contribution in [3.63, 3.8) is 0 Å². The predicted molar refractivity (Wildman–Crippen MR) is 84.6 cm³/mol. The van der Waals surface area contributed by atoms with Gasteiger partial charge >= 0.3 is 17.9 Å². The molecule has 0 aliphatic heterocycles. The molecule has 128 valence electrons. The number of esters is 3.